The molecule has 0 bridgehead atoms. The van der Waals surface area contributed by atoms with Gasteiger partial charge >= 0.3 is 5.97 Å². The largest absolute Gasteiger partial charge is 0.480 e. The predicted octanol–water partition coefficient (Wildman–Crippen LogP) is -0.866. The summed E-state index contributed by atoms with van der Waals surface area (Å²) in [5.41, 5.74) is 0. The summed E-state index contributed by atoms with van der Waals surface area (Å²) in [6, 6.07) is 0.215. The number of aliphatic carboxylic acids is 1. The second kappa shape index (κ2) is 3.32. The van der Waals surface area contributed by atoms with Crippen molar-refractivity contribution in [2.24, 2.45) is 0 Å². The smallest absolute Gasteiger partial charge is 0.317 e. The van der Waals surface area contributed by atoms with Crippen molar-refractivity contribution in [3.05, 3.63) is 0 Å². The Balaban J connectivity index is 2.26. The topological polar surface area (TPSA) is 57.6 Å². The van der Waals surface area contributed by atoms with E-state index < -0.39 is 16.8 Å². The highest BCUT2D eigenvalue weighted by atomic mass is 32.2. The van der Waals surface area contributed by atoms with Crippen molar-refractivity contribution >= 4 is 16.8 Å². The van der Waals surface area contributed by atoms with Crippen LogP contribution in [0.25, 0.3) is 0 Å². The first-order chi connectivity index (χ1) is 5.09. The van der Waals surface area contributed by atoms with Gasteiger partial charge in [-0.2, -0.15) is 0 Å². The first-order valence-corrected chi connectivity index (χ1v) is 4.85. The van der Waals surface area contributed by atoms with Crippen molar-refractivity contribution in [1.29, 1.82) is 0 Å². The quantitative estimate of drug-likeness (QED) is 0.609. The number of rotatable bonds is 3. The molecule has 0 amide bonds. The van der Waals surface area contributed by atoms with Gasteiger partial charge in [-0.3, -0.25) is 13.9 Å². The number of carbonyl (C=O) groups is 1. The van der Waals surface area contributed by atoms with Crippen LogP contribution in [-0.4, -0.2) is 51.3 Å². The monoisotopic (exact) mass is 177 g/mol. The van der Waals surface area contributed by atoms with E-state index in [9.17, 15) is 9.00 Å². The van der Waals surface area contributed by atoms with E-state index in [1.807, 2.05) is 0 Å². The Hall–Kier alpha value is -0.420. The Morgan fingerprint density at radius 3 is 2.64 bits per heavy atom. The third kappa shape index (κ3) is 2.27. The van der Waals surface area contributed by atoms with Crippen LogP contribution in [0.1, 0.15) is 0 Å². The zero-order valence-corrected chi connectivity index (χ0v) is 7.13. The van der Waals surface area contributed by atoms with Crippen LogP contribution in [0, 0.1) is 0 Å². The molecular formula is C6H11NO3S. The lowest BCUT2D eigenvalue weighted by Crippen LogP contribution is -2.50. The normalized spacial score (nSPS) is 30.0. The molecule has 1 saturated heterocycles. The molecule has 64 valence electrons. The number of likely N-dealkylation sites (N-methyl/N-ethyl adjacent to an activating group) is 1. The molecule has 11 heavy (non-hydrogen) atoms. The van der Waals surface area contributed by atoms with Crippen molar-refractivity contribution in [3.63, 3.8) is 0 Å². The summed E-state index contributed by atoms with van der Waals surface area (Å²) in [6.07, 6.45) is 0. The number of nitrogens with zero attached hydrogens (tertiary/aromatic N) is 1. The average Bonchev–Trinajstić information content (AvgIpc) is 1.79. The van der Waals surface area contributed by atoms with E-state index in [4.69, 9.17) is 5.11 Å². The van der Waals surface area contributed by atoms with E-state index in [0.717, 1.165) is 0 Å². The van der Waals surface area contributed by atoms with Crippen LogP contribution in [0.15, 0.2) is 0 Å². The maximum atomic E-state index is 10.6. The summed E-state index contributed by atoms with van der Waals surface area (Å²) in [4.78, 5) is 11.9. The molecule has 4 nitrogen and oxygen atoms in total. The minimum Gasteiger partial charge on any atom is -0.480 e. The summed E-state index contributed by atoms with van der Waals surface area (Å²) in [6.45, 7) is 0.0435. The van der Waals surface area contributed by atoms with E-state index in [0.29, 0.717) is 11.5 Å². The van der Waals surface area contributed by atoms with Crippen molar-refractivity contribution in [2.75, 3.05) is 25.1 Å². The Labute approximate surface area is 67.6 Å². The third-order valence-corrected chi connectivity index (χ3v) is 3.28. The van der Waals surface area contributed by atoms with Crippen molar-refractivity contribution in [3.8, 4) is 0 Å². The van der Waals surface area contributed by atoms with Crippen LogP contribution in [0.2, 0.25) is 0 Å². The highest BCUT2D eigenvalue weighted by Gasteiger charge is 2.29. The number of carboxylic acid groups (broad SMARTS) is 1. The van der Waals surface area contributed by atoms with Gasteiger partial charge in [0.2, 0.25) is 0 Å². The standard InChI is InChI=1S/C6H11NO3S/c1-7(2-6(8)9)5-3-11(10)4-5/h5H,2-4H2,1H3,(H,8,9). The number of hydrogen-bond donors (Lipinski definition) is 1. The first-order valence-electron chi connectivity index (χ1n) is 3.36. The second-order valence-electron chi connectivity index (χ2n) is 2.74. The molecule has 0 unspecified atom stereocenters. The van der Waals surface area contributed by atoms with Gasteiger partial charge in [0, 0.05) is 28.3 Å². The van der Waals surface area contributed by atoms with Gasteiger partial charge in [0.25, 0.3) is 0 Å². The molecule has 0 saturated carbocycles. The molecule has 1 aliphatic rings. The zero-order chi connectivity index (χ0) is 8.43. The second-order valence-corrected chi connectivity index (χ2v) is 4.28. The predicted molar refractivity (Wildman–Crippen MR) is 41.9 cm³/mol. The van der Waals surface area contributed by atoms with Crippen molar-refractivity contribution in [2.45, 2.75) is 6.04 Å². The van der Waals surface area contributed by atoms with Gasteiger partial charge in [0.05, 0.1) is 6.54 Å². The molecule has 1 rings (SSSR count). The fourth-order valence-electron chi connectivity index (χ4n) is 0.977. The maximum Gasteiger partial charge on any atom is 0.317 e. The number of carboxylic acids is 1. The van der Waals surface area contributed by atoms with E-state index in [-0.39, 0.29) is 12.6 Å². The summed E-state index contributed by atoms with van der Waals surface area (Å²) in [5.74, 6) is 0.429. The van der Waals surface area contributed by atoms with Crippen molar-refractivity contribution in [1.82, 2.24) is 4.90 Å². The van der Waals surface area contributed by atoms with E-state index >= 15 is 0 Å². The summed E-state index contributed by atoms with van der Waals surface area (Å²) >= 11 is 0. The van der Waals surface area contributed by atoms with Crippen molar-refractivity contribution < 1.29 is 14.1 Å². The molecule has 1 aliphatic heterocycles. The first kappa shape index (κ1) is 8.67. The molecule has 0 aliphatic carbocycles. The van der Waals surface area contributed by atoms with Gasteiger partial charge in [0.15, 0.2) is 0 Å². The van der Waals surface area contributed by atoms with Gasteiger partial charge in [-0.15, -0.1) is 0 Å². The highest BCUT2D eigenvalue weighted by molar-refractivity contribution is 7.86. The van der Waals surface area contributed by atoms with Crippen LogP contribution in [0.4, 0.5) is 0 Å². The molecule has 0 aromatic carbocycles. The Bertz CT molecular complexity index is 186. The molecule has 5 heteroatoms. The summed E-state index contributed by atoms with van der Waals surface area (Å²) < 4.78 is 10.6. The van der Waals surface area contributed by atoms with Gasteiger partial charge in [-0.25, -0.2) is 0 Å². The average molecular weight is 177 g/mol. The molecule has 1 fully saturated rings. The van der Waals surface area contributed by atoms with E-state index in [2.05, 4.69) is 0 Å². The highest BCUT2D eigenvalue weighted by Crippen LogP contribution is 2.11. The lowest BCUT2D eigenvalue weighted by molar-refractivity contribution is -0.138. The van der Waals surface area contributed by atoms with Gasteiger partial charge in [-0.1, -0.05) is 0 Å². The molecule has 0 atom stereocenters. The maximum absolute atomic E-state index is 10.6. The zero-order valence-electron chi connectivity index (χ0n) is 6.32. The molecule has 1 heterocycles. The fourth-order valence-corrected chi connectivity index (χ4v) is 2.25. The summed E-state index contributed by atoms with van der Waals surface area (Å²) in [7, 11) is 1.05. The Morgan fingerprint density at radius 1 is 1.73 bits per heavy atom. The fraction of sp³-hybridized carbons (Fsp3) is 0.833. The van der Waals surface area contributed by atoms with Crippen LogP contribution in [-0.2, 0) is 15.6 Å². The van der Waals surface area contributed by atoms with E-state index in [1.165, 1.54) is 0 Å². The molecule has 0 aromatic rings. The molecule has 0 spiro atoms. The van der Waals surface area contributed by atoms with Gasteiger partial charge in [0.1, 0.15) is 0 Å². The third-order valence-electron chi connectivity index (χ3n) is 1.76. The van der Waals surface area contributed by atoms with Crippen LogP contribution in [0.3, 0.4) is 0 Å². The minimum absolute atomic E-state index is 0.0435. The molecule has 1 N–H and O–H groups in total. The lowest BCUT2D eigenvalue weighted by Gasteiger charge is -2.32. The van der Waals surface area contributed by atoms with Gasteiger partial charge < -0.3 is 5.11 Å². The Kier molecular flexibility index (Phi) is 2.62. The van der Waals surface area contributed by atoms with E-state index in [1.54, 1.807) is 11.9 Å². The number of hydrogen-bond acceptors (Lipinski definition) is 3. The lowest BCUT2D eigenvalue weighted by atomic mass is 10.3. The molecular weight excluding hydrogens is 166 g/mol. The minimum atomic E-state index is -0.829. The van der Waals surface area contributed by atoms with Crippen LogP contribution in [0.5, 0.6) is 0 Å². The van der Waals surface area contributed by atoms with Crippen LogP contribution < -0.4 is 0 Å². The Morgan fingerprint density at radius 2 is 2.27 bits per heavy atom. The SMILES string of the molecule is CN(CC(=O)O)C1CS(=O)C1. The van der Waals surface area contributed by atoms with Gasteiger partial charge in [-0.05, 0) is 7.05 Å². The molecule has 0 aromatic heterocycles. The van der Waals surface area contributed by atoms with Crippen LogP contribution >= 0.6 is 0 Å². The summed E-state index contributed by atoms with van der Waals surface area (Å²) in [5, 5.41) is 8.40. The molecule has 0 radical (unpaired) electrons.